The average molecular weight is 520 g/mol. The van der Waals surface area contributed by atoms with Gasteiger partial charge in [-0.05, 0) is 19.1 Å². The van der Waals surface area contributed by atoms with Gasteiger partial charge in [0.1, 0.15) is 11.3 Å². The van der Waals surface area contributed by atoms with Crippen molar-refractivity contribution in [3.05, 3.63) is 65.4 Å². The van der Waals surface area contributed by atoms with Gasteiger partial charge in [0, 0.05) is 29.6 Å². The Bertz CT molecular complexity index is 1580. The smallest absolute Gasteiger partial charge is 0.303 e. The van der Waals surface area contributed by atoms with Gasteiger partial charge in [0.2, 0.25) is 5.82 Å². The Morgan fingerprint density at radius 1 is 1.19 bits per heavy atom. The van der Waals surface area contributed by atoms with Crippen molar-refractivity contribution in [2.24, 2.45) is 0 Å². The lowest BCUT2D eigenvalue weighted by Crippen LogP contribution is -2.27. The molecule has 0 aliphatic carbocycles. The van der Waals surface area contributed by atoms with Gasteiger partial charge in [-0.3, -0.25) is 14.8 Å². The number of imidazole rings is 1. The molecule has 0 aromatic carbocycles. The second-order valence-electron chi connectivity index (χ2n) is 9.39. The predicted octanol–water partition coefficient (Wildman–Crippen LogP) is 3.80. The second-order valence-corrected chi connectivity index (χ2v) is 9.76. The van der Waals surface area contributed by atoms with E-state index in [2.05, 4.69) is 50.7 Å². The van der Waals surface area contributed by atoms with Crippen LogP contribution in [0, 0.1) is 0 Å². The van der Waals surface area contributed by atoms with Gasteiger partial charge in [-0.1, -0.05) is 42.5 Å². The molecule has 0 aliphatic rings. The molecule has 37 heavy (non-hydrogen) atoms. The number of carbonyl (C=O) groups is 1. The maximum absolute atomic E-state index is 12.9. The Hall–Kier alpha value is -4.45. The quantitative estimate of drug-likeness (QED) is 0.303. The Labute approximate surface area is 216 Å². The van der Waals surface area contributed by atoms with Crippen LogP contribution in [0.3, 0.4) is 0 Å². The number of nitrogens with zero attached hydrogens (tertiary/aromatic N) is 6. The number of rotatable bonds is 6. The van der Waals surface area contributed by atoms with Gasteiger partial charge < -0.3 is 15.2 Å². The van der Waals surface area contributed by atoms with Crippen LogP contribution in [0.5, 0.6) is 0 Å². The molecule has 0 saturated carbocycles. The van der Waals surface area contributed by atoms with Crippen LogP contribution in [0.1, 0.15) is 55.8 Å². The first-order valence-corrected chi connectivity index (χ1v) is 11.8. The van der Waals surface area contributed by atoms with E-state index in [9.17, 15) is 4.79 Å². The first-order chi connectivity index (χ1) is 17.7. The SMILES string of the molecule is C[C@@H](NC(=O)c1ncnc(Nc2ccncc2)c1Cl)c1cc(-c2[nH]c3cnc(C(C)(C)C)nc3[nH+]2)no1. The molecule has 1 amide bonds. The largest absolute Gasteiger partial charge is 0.358 e. The van der Waals surface area contributed by atoms with Crippen molar-refractivity contribution >= 4 is 40.2 Å². The van der Waals surface area contributed by atoms with Gasteiger partial charge in [-0.25, -0.2) is 19.9 Å². The van der Waals surface area contributed by atoms with Crippen molar-refractivity contribution in [1.29, 1.82) is 0 Å². The Kier molecular flexibility index (Phi) is 6.25. The number of carbonyl (C=O) groups excluding carboxylic acids is 1. The fraction of sp³-hybridized carbons (Fsp3) is 0.250. The van der Waals surface area contributed by atoms with Gasteiger partial charge in [0.25, 0.3) is 11.7 Å². The standard InChI is InChI=1S/C24H23ClN10O2/c1-12(30-22(36)18-17(25)21(29-11-28-18)31-13-5-7-26-8-6-13)16-9-14(35-37-16)19-32-15-10-27-23(24(2,3)4)34-20(15)33-19/h5-12H,1-4H3,(H,30,36)(H,26,28,29,31)(H,27,32,33,34)/p+1/t12-/m1/s1. The molecule has 5 aromatic rings. The summed E-state index contributed by atoms with van der Waals surface area (Å²) in [5.74, 6) is 1.58. The first-order valence-electron chi connectivity index (χ1n) is 11.4. The highest BCUT2D eigenvalue weighted by atomic mass is 35.5. The normalized spacial score (nSPS) is 12.5. The number of halogens is 1. The van der Waals surface area contributed by atoms with Crippen molar-refractivity contribution in [1.82, 2.24) is 40.4 Å². The number of amides is 1. The molecule has 0 radical (unpaired) electrons. The minimum atomic E-state index is -0.520. The molecule has 5 rings (SSSR count). The van der Waals surface area contributed by atoms with Gasteiger partial charge in [0.15, 0.2) is 28.5 Å². The van der Waals surface area contributed by atoms with Crippen LogP contribution in [-0.4, -0.2) is 41.0 Å². The van der Waals surface area contributed by atoms with Crippen LogP contribution < -0.4 is 15.6 Å². The van der Waals surface area contributed by atoms with E-state index in [1.807, 2.05) is 20.8 Å². The van der Waals surface area contributed by atoms with E-state index in [-0.39, 0.29) is 16.1 Å². The summed E-state index contributed by atoms with van der Waals surface area (Å²) in [4.78, 5) is 40.6. The van der Waals surface area contributed by atoms with E-state index in [0.717, 1.165) is 17.0 Å². The van der Waals surface area contributed by atoms with Crippen LogP contribution in [0.25, 0.3) is 22.7 Å². The van der Waals surface area contributed by atoms with Crippen molar-refractivity contribution in [2.45, 2.75) is 39.2 Å². The van der Waals surface area contributed by atoms with Crippen molar-refractivity contribution in [2.75, 3.05) is 5.32 Å². The molecule has 0 spiro atoms. The lowest BCUT2D eigenvalue weighted by Gasteiger charge is -2.12. The van der Waals surface area contributed by atoms with Gasteiger partial charge in [0.05, 0.1) is 12.2 Å². The van der Waals surface area contributed by atoms with E-state index in [0.29, 0.717) is 28.7 Å². The molecule has 0 fully saturated rings. The second kappa shape index (κ2) is 9.54. The molecule has 0 saturated heterocycles. The van der Waals surface area contributed by atoms with E-state index in [1.165, 1.54) is 6.33 Å². The van der Waals surface area contributed by atoms with Crippen LogP contribution in [0.2, 0.25) is 5.02 Å². The number of hydrogen-bond donors (Lipinski definition) is 3. The zero-order chi connectivity index (χ0) is 26.2. The Balaban J connectivity index is 1.31. The van der Waals surface area contributed by atoms with E-state index >= 15 is 0 Å². The summed E-state index contributed by atoms with van der Waals surface area (Å²) < 4.78 is 5.50. The summed E-state index contributed by atoms with van der Waals surface area (Å²) in [6.45, 7) is 7.92. The fourth-order valence-corrected chi connectivity index (χ4v) is 3.71. The minimum Gasteiger partial charge on any atom is -0.358 e. The number of anilines is 2. The molecule has 13 heteroatoms. The van der Waals surface area contributed by atoms with Gasteiger partial charge in [-0.15, -0.1) is 0 Å². The minimum absolute atomic E-state index is 0.0250. The summed E-state index contributed by atoms with van der Waals surface area (Å²) in [7, 11) is 0. The Morgan fingerprint density at radius 2 is 1.97 bits per heavy atom. The predicted molar refractivity (Wildman–Crippen MR) is 135 cm³/mol. The summed E-state index contributed by atoms with van der Waals surface area (Å²) in [5, 5.41) is 10.1. The zero-order valence-electron chi connectivity index (χ0n) is 20.5. The molecule has 0 unspecified atom stereocenters. The third kappa shape index (κ3) is 5.09. The van der Waals surface area contributed by atoms with Crippen LogP contribution >= 0.6 is 11.6 Å². The Morgan fingerprint density at radius 3 is 2.73 bits per heavy atom. The third-order valence-electron chi connectivity index (χ3n) is 5.47. The lowest BCUT2D eigenvalue weighted by molar-refractivity contribution is -0.334. The van der Waals surface area contributed by atoms with Gasteiger partial charge in [-0.2, -0.15) is 0 Å². The number of H-pyrrole nitrogens is 2. The number of nitrogens with one attached hydrogen (secondary N) is 4. The molecule has 188 valence electrons. The van der Waals surface area contributed by atoms with Crippen molar-refractivity contribution in [3.8, 4) is 11.5 Å². The summed E-state index contributed by atoms with van der Waals surface area (Å²) >= 11 is 6.43. The number of aromatic amines is 2. The molecule has 4 N–H and O–H groups in total. The van der Waals surface area contributed by atoms with Gasteiger partial charge >= 0.3 is 5.65 Å². The highest BCUT2D eigenvalue weighted by Crippen LogP contribution is 2.26. The average Bonchev–Trinajstić information content (AvgIpc) is 3.52. The van der Waals surface area contributed by atoms with Crippen LogP contribution in [0.15, 0.2) is 47.6 Å². The van der Waals surface area contributed by atoms with Crippen LogP contribution in [-0.2, 0) is 5.41 Å². The first kappa shape index (κ1) is 24.3. The zero-order valence-corrected chi connectivity index (χ0v) is 21.3. The molecular weight excluding hydrogens is 496 g/mol. The third-order valence-corrected chi connectivity index (χ3v) is 5.83. The van der Waals surface area contributed by atoms with Crippen molar-refractivity contribution < 1.29 is 14.3 Å². The number of hydrogen-bond acceptors (Lipinski definition) is 9. The van der Waals surface area contributed by atoms with Crippen molar-refractivity contribution in [3.63, 3.8) is 0 Å². The lowest BCUT2D eigenvalue weighted by atomic mass is 9.96. The topological polar surface area (TPSA) is 162 Å². The van der Waals surface area contributed by atoms with Crippen LogP contribution in [0.4, 0.5) is 11.5 Å². The molecule has 0 aliphatic heterocycles. The summed E-state index contributed by atoms with van der Waals surface area (Å²) in [6.07, 6.45) is 6.25. The van der Waals surface area contributed by atoms with E-state index < -0.39 is 11.9 Å². The number of pyridine rings is 1. The molecule has 0 bridgehead atoms. The number of aromatic nitrogens is 8. The highest BCUT2D eigenvalue weighted by Gasteiger charge is 2.25. The molecule has 1 atom stereocenters. The van der Waals surface area contributed by atoms with E-state index in [4.69, 9.17) is 16.1 Å². The fourth-order valence-electron chi connectivity index (χ4n) is 3.48. The highest BCUT2D eigenvalue weighted by molar-refractivity contribution is 6.35. The maximum atomic E-state index is 12.9. The monoisotopic (exact) mass is 519 g/mol. The summed E-state index contributed by atoms with van der Waals surface area (Å²) in [5.41, 5.74) is 2.49. The molecule has 5 aromatic heterocycles. The number of fused-ring (bicyclic) bond motifs is 1. The maximum Gasteiger partial charge on any atom is 0.303 e. The van der Waals surface area contributed by atoms with E-state index in [1.54, 1.807) is 43.7 Å². The molecule has 12 nitrogen and oxygen atoms in total. The molecular formula is C24H24ClN10O2+. The summed E-state index contributed by atoms with van der Waals surface area (Å²) in [6, 6.07) is 4.71. The molecule has 5 heterocycles.